The van der Waals surface area contributed by atoms with Crippen LogP contribution in [0.3, 0.4) is 0 Å². The largest absolute Gasteiger partial charge is 0.416 e. The van der Waals surface area contributed by atoms with Crippen molar-refractivity contribution in [3.05, 3.63) is 41.7 Å². The molecule has 0 aliphatic carbocycles. The van der Waals surface area contributed by atoms with Crippen LogP contribution < -0.4 is 11.1 Å². The number of hydrogen-bond donors (Lipinski definition) is 2. The number of hydrogen-bond acceptors (Lipinski definition) is 4. The Balaban J connectivity index is 2.12. The average molecular weight is 299 g/mol. The van der Waals surface area contributed by atoms with Gasteiger partial charge in [0.05, 0.1) is 18.3 Å². The smallest absolute Gasteiger partial charge is 0.329 e. The highest BCUT2D eigenvalue weighted by molar-refractivity contribution is 6.02. The summed E-state index contributed by atoms with van der Waals surface area (Å²) in [4.78, 5) is 11.9. The normalized spacial score (nSPS) is 11.4. The molecule has 1 heterocycles. The van der Waals surface area contributed by atoms with Crippen LogP contribution in [0.4, 0.5) is 18.9 Å². The highest BCUT2D eigenvalue weighted by Crippen LogP contribution is 2.30. The second-order valence-electron chi connectivity index (χ2n) is 4.19. The highest BCUT2D eigenvalue weighted by atomic mass is 19.4. The van der Waals surface area contributed by atoms with Crippen molar-refractivity contribution in [2.75, 3.05) is 11.9 Å². The number of anilines is 1. The lowest BCUT2D eigenvalue weighted by molar-refractivity contribution is -0.137. The van der Waals surface area contributed by atoms with Crippen molar-refractivity contribution < 1.29 is 18.0 Å². The van der Waals surface area contributed by atoms with E-state index in [1.165, 1.54) is 23.0 Å². The molecule has 0 radical (unpaired) electrons. The summed E-state index contributed by atoms with van der Waals surface area (Å²) in [7, 11) is 0. The highest BCUT2D eigenvalue weighted by Gasteiger charge is 2.30. The first kappa shape index (κ1) is 15.0. The maximum atomic E-state index is 12.6. The zero-order valence-corrected chi connectivity index (χ0v) is 10.8. The molecule has 6 nitrogen and oxygen atoms in total. The molecule has 1 amide bonds. The Morgan fingerprint density at radius 3 is 2.81 bits per heavy atom. The molecule has 112 valence electrons. The number of benzene rings is 1. The predicted molar refractivity (Wildman–Crippen MR) is 68.5 cm³/mol. The molecule has 0 fully saturated rings. The molecular weight excluding hydrogens is 287 g/mol. The molecule has 0 aliphatic rings. The zero-order valence-electron chi connectivity index (χ0n) is 10.8. The van der Waals surface area contributed by atoms with Crippen LogP contribution in [-0.4, -0.2) is 27.4 Å². The number of halogens is 3. The average Bonchev–Trinajstić information content (AvgIpc) is 2.87. The molecule has 0 saturated heterocycles. The quantitative estimate of drug-likeness (QED) is 0.896. The first-order chi connectivity index (χ1) is 9.90. The second-order valence-corrected chi connectivity index (χ2v) is 4.19. The van der Waals surface area contributed by atoms with Gasteiger partial charge in [-0.2, -0.15) is 13.2 Å². The number of nitrogens with two attached hydrogens (primary N) is 1. The van der Waals surface area contributed by atoms with E-state index in [4.69, 9.17) is 5.73 Å². The van der Waals surface area contributed by atoms with Gasteiger partial charge in [0.2, 0.25) is 0 Å². The number of nitrogens with one attached hydrogen (secondary N) is 1. The van der Waals surface area contributed by atoms with E-state index in [0.717, 1.165) is 12.1 Å². The predicted octanol–water partition coefficient (Wildman–Crippen LogP) is 1.51. The van der Waals surface area contributed by atoms with Crippen LogP contribution in [0, 0.1) is 0 Å². The molecule has 2 aromatic rings. The summed E-state index contributed by atoms with van der Waals surface area (Å²) in [6, 6.07) is 4.34. The van der Waals surface area contributed by atoms with Gasteiger partial charge in [0.1, 0.15) is 0 Å². The van der Waals surface area contributed by atoms with Crippen molar-refractivity contribution in [2.24, 2.45) is 5.73 Å². The molecule has 0 spiro atoms. The molecule has 2 rings (SSSR count). The van der Waals surface area contributed by atoms with Gasteiger partial charge in [-0.1, -0.05) is 11.3 Å². The molecule has 1 aromatic carbocycles. The maximum Gasteiger partial charge on any atom is 0.416 e. The zero-order chi connectivity index (χ0) is 15.5. The Kier molecular flexibility index (Phi) is 4.22. The van der Waals surface area contributed by atoms with Crippen molar-refractivity contribution in [1.29, 1.82) is 0 Å². The molecule has 0 aliphatic heterocycles. The third-order valence-electron chi connectivity index (χ3n) is 2.58. The van der Waals surface area contributed by atoms with Gasteiger partial charge in [-0.3, -0.25) is 9.48 Å². The van der Waals surface area contributed by atoms with Gasteiger partial charge < -0.3 is 11.1 Å². The third-order valence-corrected chi connectivity index (χ3v) is 2.58. The molecule has 0 atom stereocenters. The summed E-state index contributed by atoms with van der Waals surface area (Å²) in [6.45, 7) is 0.724. The maximum absolute atomic E-state index is 12.6. The monoisotopic (exact) mass is 299 g/mol. The van der Waals surface area contributed by atoms with E-state index >= 15 is 0 Å². The van der Waals surface area contributed by atoms with E-state index in [1.54, 1.807) is 0 Å². The summed E-state index contributed by atoms with van der Waals surface area (Å²) in [5.41, 5.74) is 4.52. The fourth-order valence-corrected chi connectivity index (χ4v) is 1.61. The third kappa shape index (κ3) is 3.78. The van der Waals surface area contributed by atoms with Crippen LogP contribution in [0.25, 0.3) is 0 Å². The molecule has 9 heteroatoms. The standard InChI is InChI=1S/C12H12F3N5O/c13-12(14,15)8-2-1-3-9(6-8)17-11(21)10-7-20(5-4-16)19-18-10/h1-3,6-7H,4-5,16H2,(H,17,21). The van der Waals surface area contributed by atoms with Gasteiger partial charge in [-0.15, -0.1) is 5.10 Å². The fourth-order valence-electron chi connectivity index (χ4n) is 1.61. The topological polar surface area (TPSA) is 85.8 Å². The fraction of sp³-hybridized carbons (Fsp3) is 0.250. The van der Waals surface area contributed by atoms with Crippen LogP contribution in [0.2, 0.25) is 0 Å². The minimum Gasteiger partial charge on any atom is -0.329 e. The molecule has 0 saturated carbocycles. The van der Waals surface area contributed by atoms with Gasteiger partial charge in [0.25, 0.3) is 5.91 Å². The Bertz CT molecular complexity index is 638. The number of carbonyl (C=O) groups excluding carboxylic acids is 1. The molecule has 3 N–H and O–H groups in total. The van der Waals surface area contributed by atoms with E-state index in [0.29, 0.717) is 13.1 Å². The number of nitrogens with zero attached hydrogens (tertiary/aromatic N) is 3. The molecule has 21 heavy (non-hydrogen) atoms. The van der Waals surface area contributed by atoms with Gasteiger partial charge in [-0.25, -0.2) is 0 Å². The van der Waals surface area contributed by atoms with Crippen molar-refractivity contribution in [1.82, 2.24) is 15.0 Å². The van der Waals surface area contributed by atoms with Gasteiger partial charge in [-0.05, 0) is 18.2 Å². The Hall–Kier alpha value is -2.42. The van der Waals surface area contributed by atoms with E-state index in [2.05, 4.69) is 15.6 Å². The molecular formula is C12H12F3N5O. The molecule has 1 aromatic heterocycles. The lowest BCUT2D eigenvalue weighted by Gasteiger charge is -2.08. The van der Waals surface area contributed by atoms with Crippen molar-refractivity contribution in [2.45, 2.75) is 12.7 Å². The van der Waals surface area contributed by atoms with E-state index < -0.39 is 17.6 Å². The van der Waals surface area contributed by atoms with Crippen LogP contribution in [-0.2, 0) is 12.7 Å². The summed E-state index contributed by atoms with van der Waals surface area (Å²) in [5.74, 6) is -0.641. The number of rotatable bonds is 4. The van der Waals surface area contributed by atoms with Gasteiger partial charge in [0.15, 0.2) is 5.69 Å². The summed E-state index contributed by atoms with van der Waals surface area (Å²) < 4.78 is 39.1. The van der Waals surface area contributed by atoms with Gasteiger partial charge >= 0.3 is 6.18 Å². The lowest BCUT2D eigenvalue weighted by Crippen LogP contribution is -2.14. The van der Waals surface area contributed by atoms with E-state index in [-0.39, 0.29) is 11.4 Å². The van der Waals surface area contributed by atoms with Crippen LogP contribution in [0.5, 0.6) is 0 Å². The Labute approximate surface area is 117 Å². The minimum atomic E-state index is -4.47. The van der Waals surface area contributed by atoms with Crippen molar-refractivity contribution >= 4 is 11.6 Å². The first-order valence-corrected chi connectivity index (χ1v) is 5.99. The molecule has 0 bridgehead atoms. The summed E-state index contributed by atoms with van der Waals surface area (Å²) in [5, 5.41) is 9.64. The first-order valence-electron chi connectivity index (χ1n) is 5.99. The SMILES string of the molecule is NCCn1cc(C(=O)Nc2cccc(C(F)(F)F)c2)nn1. The molecule has 0 unspecified atom stereocenters. The number of amides is 1. The van der Waals surface area contributed by atoms with Crippen molar-refractivity contribution in [3.63, 3.8) is 0 Å². The number of alkyl halides is 3. The number of aromatic nitrogens is 3. The second kappa shape index (κ2) is 5.92. The van der Waals surface area contributed by atoms with Gasteiger partial charge in [0, 0.05) is 12.2 Å². The summed E-state index contributed by atoms with van der Waals surface area (Å²) in [6.07, 6.45) is -3.10. The van der Waals surface area contributed by atoms with E-state index in [1.807, 2.05) is 0 Å². The van der Waals surface area contributed by atoms with Crippen LogP contribution >= 0.6 is 0 Å². The van der Waals surface area contributed by atoms with E-state index in [9.17, 15) is 18.0 Å². The van der Waals surface area contributed by atoms with Crippen molar-refractivity contribution in [3.8, 4) is 0 Å². The van der Waals surface area contributed by atoms with Crippen LogP contribution in [0.1, 0.15) is 16.1 Å². The Morgan fingerprint density at radius 1 is 1.38 bits per heavy atom. The summed E-state index contributed by atoms with van der Waals surface area (Å²) >= 11 is 0. The minimum absolute atomic E-state index is 0.000798. The lowest BCUT2D eigenvalue weighted by atomic mass is 10.2. The van der Waals surface area contributed by atoms with Crippen LogP contribution in [0.15, 0.2) is 30.5 Å². The Morgan fingerprint density at radius 2 is 2.14 bits per heavy atom. The number of carbonyl (C=O) groups is 1.